The minimum Gasteiger partial charge on any atom is -0.497 e. The first-order chi connectivity index (χ1) is 14.0. The zero-order valence-corrected chi connectivity index (χ0v) is 17.6. The summed E-state index contributed by atoms with van der Waals surface area (Å²) in [6, 6.07) is 13.5. The number of carbonyl (C=O) groups is 1. The molecule has 2 heterocycles. The molecule has 2 N–H and O–H groups in total. The lowest BCUT2D eigenvalue weighted by Gasteiger charge is -2.33. The molecule has 0 fully saturated rings. The number of hydrogen-bond donors (Lipinski definition) is 2. The number of ether oxygens (including phenoxy) is 1. The molecule has 2 atom stereocenters. The number of carbonyl (C=O) groups excluding carboxylic acids is 1. The number of thioether (sulfide) groups is 1. The van der Waals surface area contributed by atoms with Gasteiger partial charge < -0.3 is 15.5 Å². The van der Waals surface area contributed by atoms with Gasteiger partial charge in [-0.25, -0.2) is 4.68 Å². The molecule has 0 unspecified atom stereocenters. The fraction of sp³-hybridized carbons (Fsp3) is 0.286. The molecule has 0 saturated heterocycles. The molecule has 1 aromatic heterocycles. The number of benzene rings is 2. The molecule has 0 radical (unpaired) electrons. The molecule has 1 amide bonds. The average molecular weight is 410 g/mol. The van der Waals surface area contributed by atoms with Crippen molar-refractivity contribution in [2.24, 2.45) is 0 Å². The van der Waals surface area contributed by atoms with E-state index in [4.69, 9.17) is 4.74 Å². The second-order valence-corrected chi connectivity index (χ2v) is 8.20. The number of anilines is 1. The Hall–Kier alpha value is -3.00. The maximum absolute atomic E-state index is 13.3. The summed E-state index contributed by atoms with van der Waals surface area (Å²) in [7, 11) is 1.64. The Morgan fingerprint density at radius 2 is 1.90 bits per heavy atom. The number of hydrogen-bond acceptors (Lipinski definition) is 6. The molecule has 3 aromatic rings. The molecular formula is C21H23N5O2S. The zero-order chi connectivity index (χ0) is 20.5. The Kier molecular flexibility index (Phi) is 5.19. The van der Waals surface area contributed by atoms with Crippen LogP contribution in [0.15, 0.2) is 47.6 Å². The van der Waals surface area contributed by atoms with E-state index in [-0.39, 0.29) is 11.9 Å². The van der Waals surface area contributed by atoms with Gasteiger partial charge in [0.2, 0.25) is 11.1 Å². The molecule has 8 heteroatoms. The van der Waals surface area contributed by atoms with Crippen molar-refractivity contribution >= 4 is 23.4 Å². The third-order valence-electron chi connectivity index (χ3n) is 4.97. The molecule has 29 heavy (non-hydrogen) atoms. The van der Waals surface area contributed by atoms with E-state index in [1.165, 1.54) is 11.8 Å². The van der Waals surface area contributed by atoms with Gasteiger partial charge in [-0.3, -0.25) is 4.79 Å². The first kappa shape index (κ1) is 19.3. The van der Waals surface area contributed by atoms with Crippen LogP contribution in [0.5, 0.6) is 5.75 Å². The van der Waals surface area contributed by atoms with Crippen molar-refractivity contribution in [2.45, 2.75) is 37.2 Å². The van der Waals surface area contributed by atoms with E-state index in [9.17, 15) is 4.79 Å². The lowest BCUT2D eigenvalue weighted by Crippen LogP contribution is -2.41. The number of nitrogens with zero attached hydrogens (tertiary/aromatic N) is 3. The number of amides is 1. The lowest BCUT2D eigenvalue weighted by molar-refractivity contribution is -0.116. The molecule has 7 nitrogen and oxygen atoms in total. The highest BCUT2D eigenvalue weighted by Crippen LogP contribution is 2.38. The van der Waals surface area contributed by atoms with Gasteiger partial charge in [0.05, 0.1) is 13.2 Å². The minimum absolute atomic E-state index is 0.0813. The van der Waals surface area contributed by atoms with Gasteiger partial charge >= 0.3 is 0 Å². The van der Waals surface area contributed by atoms with Crippen LogP contribution in [-0.2, 0) is 4.79 Å². The molecule has 0 spiro atoms. The number of methoxy groups -OCH3 is 1. The van der Waals surface area contributed by atoms with Crippen molar-refractivity contribution in [3.05, 3.63) is 65.0 Å². The fourth-order valence-corrected chi connectivity index (χ4v) is 4.50. The van der Waals surface area contributed by atoms with Crippen molar-refractivity contribution in [3.8, 4) is 5.75 Å². The molecule has 4 rings (SSSR count). The fourth-order valence-electron chi connectivity index (χ4n) is 3.38. The van der Waals surface area contributed by atoms with E-state index in [1.807, 2.05) is 61.8 Å². The Labute approximate surface area is 173 Å². The van der Waals surface area contributed by atoms with Crippen molar-refractivity contribution in [3.63, 3.8) is 0 Å². The minimum atomic E-state index is -0.416. The molecule has 1 aliphatic rings. The number of fused-ring (bicyclic) bond motifs is 1. The Balaban J connectivity index is 1.66. The Morgan fingerprint density at radius 1 is 1.14 bits per heavy atom. The molecule has 150 valence electrons. The maximum atomic E-state index is 13.3. The van der Waals surface area contributed by atoms with Gasteiger partial charge in [-0.05, 0) is 50.1 Å². The van der Waals surface area contributed by atoms with Crippen LogP contribution in [0.3, 0.4) is 0 Å². The van der Waals surface area contributed by atoms with E-state index >= 15 is 0 Å². The number of aryl methyl sites for hydroxylation is 3. The highest BCUT2D eigenvalue weighted by Gasteiger charge is 2.37. The summed E-state index contributed by atoms with van der Waals surface area (Å²) in [5.74, 6) is 1.44. The Bertz CT molecular complexity index is 1050. The largest absolute Gasteiger partial charge is 0.497 e. The van der Waals surface area contributed by atoms with Crippen LogP contribution in [0.2, 0.25) is 0 Å². The van der Waals surface area contributed by atoms with Crippen LogP contribution in [0, 0.1) is 20.8 Å². The van der Waals surface area contributed by atoms with E-state index in [0.29, 0.717) is 5.16 Å². The first-order valence-electron chi connectivity index (χ1n) is 9.33. The van der Waals surface area contributed by atoms with Crippen molar-refractivity contribution < 1.29 is 9.53 Å². The van der Waals surface area contributed by atoms with Crippen molar-refractivity contribution in [1.82, 2.24) is 14.9 Å². The Morgan fingerprint density at radius 3 is 2.59 bits per heavy atom. The van der Waals surface area contributed by atoms with Crippen LogP contribution >= 0.6 is 11.8 Å². The molecule has 0 aliphatic carbocycles. The summed E-state index contributed by atoms with van der Waals surface area (Å²) in [4.78, 5) is 13.3. The molecule has 1 aliphatic heterocycles. The van der Waals surface area contributed by atoms with Crippen LogP contribution in [0.4, 0.5) is 5.69 Å². The van der Waals surface area contributed by atoms with Crippen molar-refractivity contribution in [2.75, 3.05) is 17.9 Å². The summed E-state index contributed by atoms with van der Waals surface area (Å²) < 4.78 is 7.10. The average Bonchev–Trinajstić information content (AvgIpc) is 3.09. The van der Waals surface area contributed by atoms with E-state index in [0.717, 1.165) is 34.0 Å². The van der Waals surface area contributed by atoms with Crippen LogP contribution in [-0.4, -0.2) is 33.1 Å². The van der Waals surface area contributed by atoms with Crippen LogP contribution in [0.25, 0.3) is 0 Å². The van der Waals surface area contributed by atoms with Gasteiger partial charge in [0.1, 0.15) is 16.8 Å². The summed E-state index contributed by atoms with van der Waals surface area (Å²) >= 11 is 1.41. The highest BCUT2D eigenvalue weighted by molar-refractivity contribution is 8.00. The van der Waals surface area contributed by atoms with Gasteiger partial charge in [-0.15, -0.1) is 10.2 Å². The van der Waals surface area contributed by atoms with Crippen LogP contribution in [0.1, 0.15) is 28.6 Å². The quantitative estimate of drug-likeness (QED) is 0.685. The number of nitrogens with one attached hydrogen (secondary N) is 2. The second-order valence-electron chi connectivity index (χ2n) is 7.09. The molecule has 2 aromatic carbocycles. The SMILES string of the molecule is COc1ccc([C@H]2Nn3c(C)nnc3S[C@@H]2C(=O)Nc2ccc(C)cc2C)cc1. The predicted octanol–water partition coefficient (Wildman–Crippen LogP) is 3.61. The van der Waals surface area contributed by atoms with Crippen LogP contribution < -0.4 is 15.5 Å². The first-order valence-corrected chi connectivity index (χ1v) is 10.2. The van der Waals surface area contributed by atoms with Gasteiger partial charge in [0.15, 0.2) is 0 Å². The number of rotatable bonds is 4. The number of aromatic nitrogens is 3. The third-order valence-corrected chi connectivity index (χ3v) is 6.19. The van der Waals surface area contributed by atoms with Gasteiger partial charge in [0, 0.05) is 5.69 Å². The molecule has 0 saturated carbocycles. The normalized spacial score (nSPS) is 17.9. The summed E-state index contributed by atoms with van der Waals surface area (Å²) in [5.41, 5.74) is 7.41. The lowest BCUT2D eigenvalue weighted by atomic mass is 10.0. The third kappa shape index (κ3) is 3.80. The summed E-state index contributed by atoms with van der Waals surface area (Å²) in [5, 5.41) is 11.7. The highest BCUT2D eigenvalue weighted by atomic mass is 32.2. The van der Waals surface area contributed by atoms with Gasteiger partial charge in [-0.2, -0.15) is 0 Å². The molecular weight excluding hydrogens is 386 g/mol. The summed E-state index contributed by atoms with van der Waals surface area (Å²) in [6.45, 7) is 5.91. The van der Waals surface area contributed by atoms with E-state index in [1.54, 1.807) is 7.11 Å². The monoisotopic (exact) mass is 409 g/mol. The van der Waals surface area contributed by atoms with Gasteiger partial charge in [0.25, 0.3) is 0 Å². The second kappa shape index (κ2) is 7.79. The smallest absolute Gasteiger partial charge is 0.240 e. The standard InChI is InChI=1S/C21H23N5O2S/c1-12-5-10-17(13(2)11-12)22-20(27)19-18(15-6-8-16(28-4)9-7-15)25-26-14(3)23-24-21(26)29-19/h5-11,18-19,25H,1-4H3,(H,22,27)/t18-,19+/m1/s1. The van der Waals surface area contributed by atoms with E-state index < -0.39 is 5.25 Å². The topological polar surface area (TPSA) is 81.1 Å². The van der Waals surface area contributed by atoms with Gasteiger partial charge in [-0.1, -0.05) is 41.6 Å². The maximum Gasteiger partial charge on any atom is 0.240 e. The van der Waals surface area contributed by atoms with E-state index in [2.05, 4.69) is 27.0 Å². The predicted molar refractivity (Wildman–Crippen MR) is 114 cm³/mol. The molecule has 0 bridgehead atoms. The zero-order valence-electron chi connectivity index (χ0n) is 16.8. The van der Waals surface area contributed by atoms with Crippen molar-refractivity contribution in [1.29, 1.82) is 0 Å². The summed E-state index contributed by atoms with van der Waals surface area (Å²) in [6.07, 6.45) is 0.